The molecule has 1 saturated heterocycles. The van der Waals surface area contributed by atoms with Crippen LogP contribution >= 0.6 is 23.6 Å². The highest BCUT2D eigenvalue weighted by Gasteiger charge is 2.24. The number of benzene rings is 1. The Balaban J connectivity index is 1.67. The monoisotopic (exact) mass is 419 g/mol. The number of carbonyl (C=O) groups excluding carboxylic acids is 1. The number of ether oxygens (including phenoxy) is 2. The van der Waals surface area contributed by atoms with Gasteiger partial charge in [0.2, 0.25) is 0 Å². The Hall–Kier alpha value is -2.32. The van der Waals surface area contributed by atoms with Crippen molar-refractivity contribution in [3.63, 3.8) is 0 Å². The fourth-order valence-corrected chi connectivity index (χ4v) is 4.68. The third-order valence-corrected chi connectivity index (χ3v) is 6.47. The van der Waals surface area contributed by atoms with Gasteiger partial charge >= 0.3 is 5.97 Å². The molecule has 150 valence electrons. The molecule has 1 aromatic carbocycles. The molecule has 1 N–H and O–H groups in total. The largest absolute Gasteiger partial charge is 0.495 e. The molecule has 28 heavy (non-hydrogen) atoms. The number of methoxy groups -OCH3 is 2. The zero-order chi connectivity index (χ0) is 20.3. The first-order valence-electron chi connectivity index (χ1n) is 9.08. The van der Waals surface area contributed by atoms with Crippen molar-refractivity contribution in [3.05, 3.63) is 40.3 Å². The maximum atomic E-state index is 12.2. The fourth-order valence-electron chi connectivity index (χ4n) is 3.28. The van der Waals surface area contributed by atoms with E-state index in [0.717, 1.165) is 53.1 Å². The lowest BCUT2D eigenvalue weighted by molar-refractivity contribution is 0.0601. The van der Waals surface area contributed by atoms with Gasteiger partial charge in [0.15, 0.2) is 5.11 Å². The number of thiophene rings is 1. The summed E-state index contributed by atoms with van der Waals surface area (Å²) in [6, 6.07) is 8.04. The molecule has 0 radical (unpaired) electrons. The third-order valence-electron chi connectivity index (χ3n) is 4.99. The van der Waals surface area contributed by atoms with Crippen LogP contribution < -0.4 is 15.0 Å². The van der Waals surface area contributed by atoms with E-state index in [9.17, 15) is 4.79 Å². The first-order valence-corrected chi connectivity index (χ1v) is 10.3. The highest BCUT2D eigenvalue weighted by atomic mass is 32.1. The number of thiocarbonyl (C=S) groups is 1. The van der Waals surface area contributed by atoms with Crippen molar-refractivity contribution in [2.75, 3.05) is 50.6 Å². The maximum absolute atomic E-state index is 12.2. The molecule has 1 fully saturated rings. The van der Waals surface area contributed by atoms with Crippen LogP contribution in [0, 0.1) is 13.8 Å². The van der Waals surface area contributed by atoms with Crippen LogP contribution in [-0.4, -0.2) is 56.4 Å². The fraction of sp³-hybridized carbons (Fsp3) is 0.400. The lowest BCUT2D eigenvalue weighted by Gasteiger charge is -2.37. The molecule has 0 atom stereocenters. The van der Waals surface area contributed by atoms with Gasteiger partial charge in [-0.05, 0) is 43.8 Å². The normalized spacial score (nSPS) is 14.0. The number of rotatable bonds is 4. The first kappa shape index (κ1) is 20.4. The van der Waals surface area contributed by atoms with Gasteiger partial charge in [0, 0.05) is 31.1 Å². The molecule has 1 aliphatic heterocycles. The molecule has 0 spiro atoms. The molecule has 6 nitrogen and oxygen atoms in total. The molecule has 1 aliphatic rings. The smallest absolute Gasteiger partial charge is 0.341 e. The first-order chi connectivity index (χ1) is 13.5. The lowest BCUT2D eigenvalue weighted by Crippen LogP contribution is -2.50. The highest BCUT2D eigenvalue weighted by Crippen LogP contribution is 2.33. The van der Waals surface area contributed by atoms with Crippen LogP contribution in [0.15, 0.2) is 24.3 Å². The Morgan fingerprint density at radius 3 is 2.46 bits per heavy atom. The minimum absolute atomic E-state index is 0.340. The van der Waals surface area contributed by atoms with Crippen LogP contribution in [0.4, 0.5) is 10.7 Å². The van der Waals surface area contributed by atoms with Crippen LogP contribution in [0.2, 0.25) is 0 Å². The van der Waals surface area contributed by atoms with Gasteiger partial charge in [-0.15, -0.1) is 11.3 Å². The van der Waals surface area contributed by atoms with Gasteiger partial charge in [0.1, 0.15) is 10.8 Å². The molecular formula is C20H25N3O3S2. The van der Waals surface area contributed by atoms with Crippen molar-refractivity contribution in [2.24, 2.45) is 0 Å². The minimum Gasteiger partial charge on any atom is -0.495 e. The zero-order valence-electron chi connectivity index (χ0n) is 16.6. The van der Waals surface area contributed by atoms with Crippen molar-refractivity contribution in [3.8, 4) is 5.75 Å². The molecule has 0 amide bonds. The number of anilines is 2. The number of hydrogen-bond acceptors (Lipinski definition) is 6. The number of esters is 1. The van der Waals surface area contributed by atoms with E-state index in [2.05, 4.69) is 21.2 Å². The molecule has 0 unspecified atom stereocenters. The molecule has 1 aromatic heterocycles. The van der Waals surface area contributed by atoms with E-state index in [1.54, 1.807) is 7.11 Å². The van der Waals surface area contributed by atoms with Gasteiger partial charge in [0.05, 0.1) is 25.5 Å². The molecule has 0 bridgehead atoms. The van der Waals surface area contributed by atoms with Gasteiger partial charge < -0.3 is 24.6 Å². The van der Waals surface area contributed by atoms with Gasteiger partial charge in [0.25, 0.3) is 0 Å². The SMILES string of the molecule is COC(=O)c1c(NC(=S)N2CCN(c3ccccc3OC)CC2)sc(C)c1C. The van der Waals surface area contributed by atoms with E-state index in [1.807, 2.05) is 32.0 Å². The zero-order valence-corrected chi connectivity index (χ0v) is 18.2. The summed E-state index contributed by atoms with van der Waals surface area (Å²) in [7, 11) is 3.09. The van der Waals surface area contributed by atoms with Gasteiger partial charge in [-0.2, -0.15) is 0 Å². The summed E-state index contributed by atoms with van der Waals surface area (Å²) in [5, 5.41) is 4.65. The standard InChI is InChI=1S/C20H25N3O3S2/c1-13-14(2)28-18(17(13)19(24)26-4)21-20(27)23-11-9-22(10-12-23)15-7-5-6-8-16(15)25-3/h5-8H,9-12H2,1-4H3,(H,21,27). The Morgan fingerprint density at radius 2 is 1.82 bits per heavy atom. The number of para-hydroxylation sites is 2. The molecule has 2 aromatic rings. The summed E-state index contributed by atoms with van der Waals surface area (Å²) >= 11 is 7.15. The second kappa shape index (κ2) is 8.79. The van der Waals surface area contributed by atoms with E-state index in [0.29, 0.717) is 10.7 Å². The van der Waals surface area contributed by atoms with Crippen LogP contribution in [0.1, 0.15) is 20.8 Å². The summed E-state index contributed by atoms with van der Waals surface area (Å²) in [4.78, 5) is 17.7. The van der Waals surface area contributed by atoms with E-state index in [4.69, 9.17) is 21.7 Å². The van der Waals surface area contributed by atoms with Crippen molar-refractivity contribution < 1.29 is 14.3 Å². The topological polar surface area (TPSA) is 54.0 Å². The van der Waals surface area contributed by atoms with Gasteiger partial charge in [-0.25, -0.2) is 4.79 Å². The number of nitrogens with one attached hydrogen (secondary N) is 1. The van der Waals surface area contributed by atoms with E-state index < -0.39 is 0 Å². The van der Waals surface area contributed by atoms with Crippen molar-refractivity contribution in [1.82, 2.24) is 4.90 Å². The van der Waals surface area contributed by atoms with Crippen LogP contribution in [0.3, 0.4) is 0 Å². The number of hydrogen-bond donors (Lipinski definition) is 1. The van der Waals surface area contributed by atoms with Crippen LogP contribution in [0.25, 0.3) is 0 Å². The molecule has 0 aliphatic carbocycles. The van der Waals surface area contributed by atoms with E-state index in [-0.39, 0.29) is 5.97 Å². The number of carbonyl (C=O) groups is 1. The second-order valence-electron chi connectivity index (χ2n) is 6.56. The molecule has 3 rings (SSSR count). The molecule has 8 heteroatoms. The lowest BCUT2D eigenvalue weighted by atomic mass is 10.1. The summed E-state index contributed by atoms with van der Waals surface area (Å²) in [6.45, 7) is 7.19. The number of piperazine rings is 1. The molecule has 0 saturated carbocycles. The summed E-state index contributed by atoms with van der Waals surface area (Å²) in [6.07, 6.45) is 0. The highest BCUT2D eigenvalue weighted by molar-refractivity contribution is 7.80. The number of aryl methyl sites for hydroxylation is 1. The quantitative estimate of drug-likeness (QED) is 0.599. The average molecular weight is 420 g/mol. The van der Waals surface area contributed by atoms with Crippen molar-refractivity contribution >= 4 is 45.3 Å². The summed E-state index contributed by atoms with van der Waals surface area (Å²) in [5.41, 5.74) is 2.60. The van der Waals surface area contributed by atoms with E-state index >= 15 is 0 Å². The molecule has 2 heterocycles. The third kappa shape index (κ3) is 4.07. The predicted octanol–water partition coefficient (Wildman–Crippen LogP) is 3.68. The Bertz CT molecular complexity index is 874. The van der Waals surface area contributed by atoms with Crippen LogP contribution in [0.5, 0.6) is 5.75 Å². The number of nitrogens with zero attached hydrogens (tertiary/aromatic N) is 2. The minimum atomic E-state index is -0.340. The maximum Gasteiger partial charge on any atom is 0.341 e. The Kier molecular flexibility index (Phi) is 6.41. The Labute approximate surface area is 175 Å². The van der Waals surface area contributed by atoms with Crippen molar-refractivity contribution in [1.29, 1.82) is 0 Å². The Morgan fingerprint density at radius 1 is 1.14 bits per heavy atom. The molecular weight excluding hydrogens is 394 g/mol. The second-order valence-corrected chi connectivity index (χ2v) is 8.17. The average Bonchev–Trinajstić information content (AvgIpc) is 3.00. The van der Waals surface area contributed by atoms with Gasteiger partial charge in [-0.1, -0.05) is 12.1 Å². The van der Waals surface area contributed by atoms with E-state index in [1.165, 1.54) is 18.4 Å². The van der Waals surface area contributed by atoms with Crippen molar-refractivity contribution in [2.45, 2.75) is 13.8 Å². The summed E-state index contributed by atoms with van der Waals surface area (Å²) < 4.78 is 10.4. The van der Waals surface area contributed by atoms with Gasteiger partial charge in [-0.3, -0.25) is 0 Å². The van der Waals surface area contributed by atoms with Crippen LogP contribution in [-0.2, 0) is 4.74 Å². The predicted molar refractivity (Wildman–Crippen MR) is 118 cm³/mol. The summed E-state index contributed by atoms with van der Waals surface area (Å²) in [5.74, 6) is 0.539.